The quantitative estimate of drug-likeness (QED) is 0.830. The molecule has 0 atom stereocenters. The number of aryl methyl sites for hydroxylation is 1. The lowest BCUT2D eigenvalue weighted by atomic mass is 10.1. The van der Waals surface area contributed by atoms with Crippen LogP contribution >= 0.6 is 0 Å². The Kier molecular flexibility index (Phi) is 4.17. The molecule has 0 radical (unpaired) electrons. The van der Waals surface area contributed by atoms with Crippen molar-refractivity contribution in [2.24, 2.45) is 0 Å². The van der Waals surface area contributed by atoms with E-state index in [0.29, 0.717) is 11.1 Å². The fourth-order valence-electron chi connectivity index (χ4n) is 1.90. The summed E-state index contributed by atoms with van der Waals surface area (Å²) in [7, 11) is 0. The minimum atomic E-state index is -0.310. The Bertz CT molecular complexity index is 662. The van der Waals surface area contributed by atoms with Gasteiger partial charge in [-0.3, -0.25) is 0 Å². The first-order valence-electron chi connectivity index (χ1n) is 6.31. The smallest absolute Gasteiger partial charge is 0.123 e. The standard InChI is InChI=1S/C17H15FN2/c1-12-3-9-16(10-4-12)20-13(2)17(11-19)14-5-7-15(18)8-6-14/h3-10,20H,1-2H3/b17-13-. The van der Waals surface area contributed by atoms with Gasteiger partial charge in [-0.1, -0.05) is 29.8 Å². The largest absolute Gasteiger partial charge is 0.358 e. The molecule has 20 heavy (non-hydrogen) atoms. The summed E-state index contributed by atoms with van der Waals surface area (Å²) in [6.45, 7) is 3.85. The van der Waals surface area contributed by atoms with Gasteiger partial charge < -0.3 is 5.32 Å². The van der Waals surface area contributed by atoms with E-state index in [1.807, 2.05) is 38.1 Å². The third-order valence-electron chi connectivity index (χ3n) is 3.00. The van der Waals surface area contributed by atoms with Crippen LogP contribution in [0.25, 0.3) is 5.57 Å². The summed E-state index contributed by atoms with van der Waals surface area (Å²) < 4.78 is 12.9. The molecule has 0 aliphatic carbocycles. The average molecular weight is 266 g/mol. The van der Waals surface area contributed by atoms with Crippen molar-refractivity contribution in [3.05, 3.63) is 71.2 Å². The molecular formula is C17H15FN2. The fraction of sp³-hybridized carbons (Fsp3) is 0.118. The number of anilines is 1. The van der Waals surface area contributed by atoms with Gasteiger partial charge in [0.1, 0.15) is 11.9 Å². The number of hydrogen-bond donors (Lipinski definition) is 1. The Morgan fingerprint density at radius 1 is 1.05 bits per heavy atom. The van der Waals surface area contributed by atoms with E-state index in [4.69, 9.17) is 0 Å². The van der Waals surface area contributed by atoms with Crippen molar-refractivity contribution in [2.45, 2.75) is 13.8 Å². The fourth-order valence-corrected chi connectivity index (χ4v) is 1.90. The van der Waals surface area contributed by atoms with Crippen LogP contribution in [0.4, 0.5) is 10.1 Å². The van der Waals surface area contributed by atoms with Crippen LogP contribution in [0.2, 0.25) is 0 Å². The van der Waals surface area contributed by atoms with Crippen LogP contribution in [0.5, 0.6) is 0 Å². The van der Waals surface area contributed by atoms with Gasteiger partial charge in [-0.2, -0.15) is 5.26 Å². The van der Waals surface area contributed by atoms with E-state index < -0.39 is 0 Å². The maximum atomic E-state index is 12.9. The lowest BCUT2D eigenvalue weighted by molar-refractivity contribution is 0.627. The number of halogens is 1. The summed E-state index contributed by atoms with van der Waals surface area (Å²) in [6, 6.07) is 16.0. The molecule has 0 saturated heterocycles. The minimum absolute atomic E-state index is 0.310. The molecule has 2 nitrogen and oxygen atoms in total. The molecule has 0 amide bonds. The number of nitrogens with zero attached hydrogens (tertiary/aromatic N) is 1. The number of allylic oxidation sites excluding steroid dienone is 2. The van der Waals surface area contributed by atoms with Crippen molar-refractivity contribution in [3.63, 3.8) is 0 Å². The Labute approximate surface area is 118 Å². The first-order chi connectivity index (χ1) is 9.60. The molecule has 3 heteroatoms. The van der Waals surface area contributed by atoms with E-state index >= 15 is 0 Å². The second-order valence-electron chi connectivity index (χ2n) is 4.61. The Morgan fingerprint density at radius 2 is 1.65 bits per heavy atom. The Hall–Kier alpha value is -2.60. The van der Waals surface area contributed by atoms with Gasteiger partial charge in [0.25, 0.3) is 0 Å². The molecule has 2 aromatic carbocycles. The van der Waals surface area contributed by atoms with Gasteiger partial charge in [0, 0.05) is 11.4 Å². The van der Waals surface area contributed by atoms with Gasteiger partial charge in [0.2, 0.25) is 0 Å². The normalized spacial score (nSPS) is 11.5. The molecule has 0 spiro atoms. The second kappa shape index (κ2) is 6.03. The van der Waals surface area contributed by atoms with E-state index in [1.165, 1.54) is 17.7 Å². The lowest BCUT2D eigenvalue weighted by Crippen LogP contribution is -1.99. The summed E-state index contributed by atoms with van der Waals surface area (Å²) >= 11 is 0. The van der Waals surface area contributed by atoms with Crippen molar-refractivity contribution in [3.8, 4) is 6.07 Å². The van der Waals surface area contributed by atoms with E-state index in [2.05, 4.69) is 11.4 Å². The SMILES string of the molecule is C/C(Nc1ccc(C)cc1)=C(\C#N)c1ccc(F)cc1. The third-order valence-corrected chi connectivity index (χ3v) is 3.00. The minimum Gasteiger partial charge on any atom is -0.358 e. The second-order valence-corrected chi connectivity index (χ2v) is 4.61. The van der Waals surface area contributed by atoms with Gasteiger partial charge in [0.05, 0.1) is 5.57 Å². The molecule has 100 valence electrons. The number of nitriles is 1. The number of nitrogens with one attached hydrogen (secondary N) is 1. The first kappa shape index (κ1) is 13.8. The van der Waals surface area contributed by atoms with Crippen LogP contribution in [0.3, 0.4) is 0 Å². The third kappa shape index (κ3) is 3.24. The molecule has 0 saturated carbocycles. The summed E-state index contributed by atoms with van der Waals surface area (Å²) in [4.78, 5) is 0. The van der Waals surface area contributed by atoms with E-state index in [9.17, 15) is 9.65 Å². The molecule has 1 N–H and O–H groups in total. The topological polar surface area (TPSA) is 35.8 Å². The Balaban J connectivity index is 2.30. The van der Waals surface area contributed by atoms with E-state index in [1.54, 1.807) is 12.1 Å². The number of rotatable bonds is 3. The Morgan fingerprint density at radius 3 is 2.20 bits per heavy atom. The van der Waals surface area contributed by atoms with Gasteiger partial charge >= 0.3 is 0 Å². The van der Waals surface area contributed by atoms with Crippen molar-refractivity contribution >= 4 is 11.3 Å². The van der Waals surface area contributed by atoms with Crippen molar-refractivity contribution in [1.29, 1.82) is 5.26 Å². The monoisotopic (exact) mass is 266 g/mol. The zero-order valence-corrected chi connectivity index (χ0v) is 11.4. The maximum Gasteiger partial charge on any atom is 0.123 e. The zero-order valence-electron chi connectivity index (χ0n) is 11.4. The summed E-state index contributed by atoms with van der Waals surface area (Å²) in [5.74, 6) is -0.310. The predicted octanol–water partition coefficient (Wildman–Crippen LogP) is 4.50. The molecule has 0 aromatic heterocycles. The molecule has 0 aliphatic heterocycles. The summed E-state index contributed by atoms with van der Waals surface area (Å²) in [6.07, 6.45) is 0. The molecule has 2 aromatic rings. The van der Waals surface area contributed by atoms with Gasteiger partial charge in [-0.15, -0.1) is 0 Å². The maximum absolute atomic E-state index is 12.9. The van der Waals surface area contributed by atoms with Crippen LogP contribution < -0.4 is 5.32 Å². The molecule has 0 unspecified atom stereocenters. The average Bonchev–Trinajstić information content (AvgIpc) is 2.44. The number of benzene rings is 2. The summed E-state index contributed by atoms with van der Waals surface area (Å²) in [5.41, 5.74) is 4.04. The van der Waals surface area contributed by atoms with Gasteiger partial charge in [0.15, 0.2) is 0 Å². The van der Waals surface area contributed by atoms with Crippen LogP contribution in [0.15, 0.2) is 54.2 Å². The molecule has 0 aliphatic rings. The lowest BCUT2D eigenvalue weighted by Gasteiger charge is -2.10. The van der Waals surface area contributed by atoms with Crippen molar-refractivity contribution in [1.82, 2.24) is 0 Å². The molecule has 0 bridgehead atoms. The predicted molar refractivity (Wildman–Crippen MR) is 79.4 cm³/mol. The van der Waals surface area contributed by atoms with Crippen molar-refractivity contribution in [2.75, 3.05) is 5.32 Å². The highest BCUT2D eigenvalue weighted by Crippen LogP contribution is 2.20. The summed E-state index contributed by atoms with van der Waals surface area (Å²) in [5, 5.41) is 12.5. The first-order valence-corrected chi connectivity index (χ1v) is 6.31. The highest BCUT2D eigenvalue weighted by molar-refractivity contribution is 5.81. The number of hydrogen-bond acceptors (Lipinski definition) is 2. The molecule has 0 heterocycles. The van der Waals surface area contributed by atoms with Crippen LogP contribution in [-0.2, 0) is 0 Å². The van der Waals surface area contributed by atoms with Crippen LogP contribution in [0, 0.1) is 24.1 Å². The van der Waals surface area contributed by atoms with E-state index in [-0.39, 0.29) is 5.82 Å². The van der Waals surface area contributed by atoms with Crippen molar-refractivity contribution < 1.29 is 4.39 Å². The molecule has 2 rings (SSSR count). The molecular weight excluding hydrogens is 251 g/mol. The van der Waals surface area contributed by atoms with Crippen LogP contribution in [0.1, 0.15) is 18.1 Å². The zero-order chi connectivity index (χ0) is 14.5. The highest BCUT2D eigenvalue weighted by atomic mass is 19.1. The highest BCUT2D eigenvalue weighted by Gasteiger charge is 2.06. The van der Waals surface area contributed by atoms with E-state index in [0.717, 1.165) is 11.4 Å². The van der Waals surface area contributed by atoms with Crippen LogP contribution in [-0.4, -0.2) is 0 Å². The molecule has 0 fully saturated rings. The van der Waals surface area contributed by atoms with Gasteiger partial charge in [-0.25, -0.2) is 4.39 Å². The van der Waals surface area contributed by atoms with Gasteiger partial charge in [-0.05, 0) is 43.7 Å².